The standard InChI is InChI=1S/C26H27Cl2N9O2/c27-17-3-5-20(22(28)12-17)25-21(23-15-29-16-34-23)14-33-26(35-25)36(10-7-18-2-1-8-30-18)11-9-31-24-6-4-19(13-32-24)37(38)39/h3-6,12-16,18,30H,1-2,7-11H2,(H,29,34)(H,31,32). The minimum atomic E-state index is -0.468. The van der Waals surface area contributed by atoms with Crippen LogP contribution in [-0.4, -0.2) is 62.1 Å². The van der Waals surface area contributed by atoms with Gasteiger partial charge in [-0.3, -0.25) is 10.1 Å². The van der Waals surface area contributed by atoms with E-state index in [1.807, 2.05) is 6.07 Å². The van der Waals surface area contributed by atoms with E-state index in [9.17, 15) is 10.1 Å². The van der Waals surface area contributed by atoms with Gasteiger partial charge in [-0.25, -0.2) is 19.9 Å². The van der Waals surface area contributed by atoms with Crippen molar-refractivity contribution in [2.75, 3.05) is 36.4 Å². The molecule has 1 atom stereocenters. The van der Waals surface area contributed by atoms with Crippen LogP contribution in [0.25, 0.3) is 22.5 Å². The number of halogens is 2. The summed E-state index contributed by atoms with van der Waals surface area (Å²) in [6.45, 7) is 2.89. The van der Waals surface area contributed by atoms with E-state index in [-0.39, 0.29) is 5.69 Å². The van der Waals surface area contributed by atoms with E-state index in [4.69, 9.17) is 33.2 Å². The molecule has 4 aromatic rings. The Kier molecular flexibility index (Phi) is 8.50. The van der Waals surface area contributed by atoms with Crippen molar-refractivity contribution in [3.05, 3.63) is 75.4 Å². The highest BCUT2D eigenvalue weighted by Crippen LogP contribution is 2.36. The molecule has 1 aliphatic rings. The number of aromatic nitrogens is 5. The van der Waals surface area contributed by atoms with E-state index in [1.54, 1.807) is 36.9 Å². The van der Waals surface area contributed by atoms with Crippen LogP contribution in [0.1, 0.15) is 19.3 Å². The molecule has 4 heterocycles. The summed E-state index contributed by atoms with van der Waals surface area (Å²) in [4.78, 5) is 33.7. The number of nitrogens with zero attached hydrogens (tertiary/aromatic N) is 6. The molecule has 0 spiro atoms. The third-order valence-electron chi connectivity index (χ3n) is 6.59. The van der Waals surface area contributed by atoms with Gasteiger partial charge in [-0.05, 0) is 50.1 Å². The molecule has 0 saturated carbocycles. The number of rotatable bonds is 11. The lowest BCUT2D eigenvalue weighted by molar-refractivity contribution is -0.385. The lowest BCUT2D eigenvalue weighted by atomic mass is 10.1. The smallest absolute Gasteiger partial charge is 0.287 e. The molecule has 1 unspecified atom stereocenters. The second-order valence-electron chi connectivity index (χ2n) is 9.18. The van der Waals surface area contributed by atoms with Gasteiger partial charge < -0.3 is 20.5 Å². The summed E-state index contributed by atoms with van der Waals surface area (Å²) in [6, 6.07) is 8.81. The molecule has 13 heteroatoms. The zero-order chi connectivity index (χ0) is 27.2. The highest BCUT2D eigenvalue weighted by atomic mass is 35.5. The Labute approximate surface area is 235 Å². The fraction of sp³-hybridized carbons (Fsp3) is 0.308. The predicted molar refractivity (Wildman–Crippen MR) is 152 cm³/mol. The Hall–Kier alpha value is -3.80. The van der Waals surface area contributed by atoms with E-state index in [2.05, 4.69) is 30.5 Å². The van der Waals surface area contributed by atoms with Gasteiger partial charge in [0, 0.05) is 54.1 Å². The van der Waals surface area contributed by atoms with Crippen LogP contribution in [0, 0.1) is 10.1 Å². The van der Waals surface area contributed by atoms with Gasteiger partial charge >= 0.3 is 0 Å². The van der Waals surface area contributed by atoms with Crippen LogP contribution in [0.5, 0.6) is 0 Å². The number of imidazole rings is 1. The van der Waals surface area contributed by atoms with Crippen molar-refractivity contribution >= 4 is 40.7 Å². The molecule has 1 aromatic carbocycles. The largest absolute Gasteiger partial charge is 0.368 e. The second kappa shape index (κ2) is 12.4. The maximum atomic E-state index is 10.9. The van der Waals surface area contributed by atoms with Gasteiger partial charge in [0.25, 0.3) is 5.69 Å². The summed E-state index contributed by atoms with van der Waals surface area (Å²) in [6.07, 6.45) is 9.61. The van der Waals surface area contributed by atoms with E-state index in [0.717, 1.165) is 42.8 Å². The van der Waals surface area contributed by atoms with Crippen molar-refractivity contribution in [1.82, 2.24) is 30.2 Å². The molecule has 11 nitrogen and oxygen atoms in total. The predicted octanol–water partition coefficient (Wildman–Crippen LogP) is 5.20. The van der Waals surface area contributed by atoms with Crippen molar-refractivity contribution in [1.29, 1.82) is 0 Å². The van der Waals surface area contributed by atoms with Crippen molar-refractivity contribution in [2.24, 2.45) is 0 Å². The van der Waals surface area contributed by atoms with Crippen LogP contribution in [0.3, 0.4) is 0 Å². The normalized spacial score (nSPS) is 14.9. The summed E-state index contributed by atoms with van der Waals surface area (Å²) >= 11 is 12.8. The SMILES string of the molecule is O=[N+]([O-])c1ccc(NCCN(CCC2CCCN2)c2ncc(-c3cnc[nH]3)c(-c3ccc(Cl)cc3Cl)n2)nc1. The molecule has 1 aliphatic heterocycles. The van der Waals surface area contributed by atoms with Gasteiger partial charge in [0.1, 0.15) is 12.0 Å². The summed E-state index contributed by atoms with van der Waals surface area (Å²) in [7, 11) is 0. The van der Waals surface area contributed by atoms with E-state index < -0.39 is 4.92 Å². The summed E-state index contributed by atoms with van der Waals surface area (Å²) in [5.74, 6) is 1.12. The van der Waals surface area contributed by atoms with Gasteiger partial charge in [0.05, 0.1) is 33.9 Å². The van der Waals surface area contributed by atoms with E-state index >= 15 is 0 Å². The number of nitro groups is 1. The Morgan fingerprint density at radius 3 is 2.69 bits per heavy atom. The minimum Gasteiger partial charge on any atom is -0.368 e. The Morgan fingerprint density at radius 2 is 2.00 bits per heavy atom. The first-order valence-electron chi connectivity index (χ1n) is 12.6. The van der Waals surface area contributed by atoms with Crippen molar-refractivity contribution in [2.45, 2.75) is 25.3 Å². The van der Waals surface area contributed by atoms with Gasteiger partial charge in [-0.15, -0.1) is 0 Å². The number of benzene rings is 1. The molecule has 0 radical (unpaired) electrons. The number of H-pyrrole nitrogens is 1. The molecule has 3 N–H and O–H groups in total. The first-order valence-corrected chi connectivity index (χ1v) is 13.4. The quantitative estimate of drug-likeness (QED) is 0.165. The first-order chi connectivity index (χ1) is 19.0. The number of anilines is 2. The van der Waals surface area contributed by atoms with Gasteiger partial charge in [-0.2, -0.15) is 0 Å². The van der Waals surface area contributed by atoms with Crippen molar-refractivity contribution in [3.63, 3.8) is 0 Å². The molecule has 0 aliphatic carbocycles. The Bertz CT molecular complexity index is 1410. The number of hydrogen-bond donors (Lipinski definition) is 3. The Balaban J connectivity index is 1.42. The first kappa shape index (κ1) is 26.8. The third kappa shape index (κ3) is 6.62. The summed E-state index contributed by atoms with van der Waals surface area (Å²) in [5.41, 5.74) is 2.89. The van der Waals surface area contributed by atoms with Gasteiger partial charge in [0.2, 0.25) is 5.95 Å². The average Bonchev–Trinajstić information content (AvgIpc) is 3.66. The zero-order valence-electron chi connectivity index (χ0n) is 21.0. The molecule has 202 valence electrons. The number of hydrogen-bond acceptors (Lipinski definition) is 9. The number of nitrogens with one attached hydrogen (secondary N) is 3. The van der Waals surface area contributed by atoms with Crippen LogP contribution in [0.15, 0.2) is 55.2 Å². The third-order valence-corrected chi connectivity index (χ3v) is 7.14. The average molecular weight is 568 g/mol. The molecule has 1 saturated heterocycles. The molecule has 3 aromatic heterocycles. The second-order valence-corrected chi connectivity index (χ2v) is 10.0. The zero-order valence-corrected chi connectivity index (χ0v) is 22.5. The topological polar surface area (TPSA) is 138 Å². The van der Waals surface area contributed by atoms with Gasteiger partial charge in [-0.1, -0.05) is 23.2 Å². The van der Waals surface area contributed by atoms with E-state index in [1.165, 1.54) is 18.7 Å². The molecule has 0 bridgehead atoms. The maximum Gasteiger partial charge on any atom is 0.287 e. The van der Waals surface area contributed by atoms with Crippen LogP contribution in [0.4, 0.5) is 17.5 Å². The molecule has 5 rings (SSSR count). The molecule has 39 heavy (non-hydrogen) atoms. The molecular weight excluding hydrogens is 541 g/mol. The summed E-state index contributed by atoms with van der Waals surface area (Å²) < 4.78 is 0. The Morgan fingerprint density at radius 1 is 1.10 bits per heavy atom. The number of pyridine rings is 1. The fourth-order valence-electron chi connectivity index (χ4n) is 4.56. The van der Waals surface area contributed by atoms with Crippen LogP contribution in [0.2, 0.25) is 10.0 Å². The maximum absolute atomic E-state index is 10.9. The van der Waals surface area contributed by atoms with Gasteiger partial charge in [0.15, 0.2) is 0 Å². The lowest BCUT2D eigenvalue weighted by Crippen LogP contribution is -2.35. The lowest BCUT2D eigenvalue weighted by Gasteiger charge is -2.25. The summed E-state index contributed by atoms with van der Waals surface area (Å²) in [5, 5.41) is 18.7. The highest BCUT2D eigenvalue weighted by Gasteiger charge is 2.21. The monoisotopic (exact) mass is 567 g/mol. The van der Waals surface area contributed by atoms with Crippen LogP contribution in [-0.2, 0) is 0 Å². The van der Waals surface area contributed by atoms with Crippen LogP contribution < -0.4 is 15.5 Å². The molecule has 1 fully saturated rings. The number of aromatic amines is 1. The highest BCUT2D eigenvalue weighted by molar-refractivity contribution is 6.36. The van der Waals surface area contributed by atoms with Crippen molar-refractivity contribution in [3.8, 4) is 22.5 Å². The minimum absolute atomic E-state index is 0.0506. The van der Waals surface area contributed by atoms with Crippen molar-refractivity contribution < 1.29 is 4.92 Å². The van der Waals surface area contributed by atoms with E-state index in [0.29, 0.717) is 46.6 Å². The fourth-order valence-corrected chi connectivity index (χ4v) is 5.05. The molecular formula is C26H27Cl2N9O2. The molecule has 0 amide bonds. The van der Waals surface area contributed by atoms with Crippen LogP contribution >= 0.6 is 23.2 Å².